The van der Waals surface area contributed by atoms with Gasteiger partial charge in [-0.25, -0.2) is 14.2 Å². The van der Waals surface area contributed by atoms with Crippen LogP contribution >= 0.6 is 11.6 Å². The second-order valence-corrected chi connectivity index (χ2v) is 12.0. The van der Waals surface area contributed by atoms with Gasteiger partial charge >= 0.3 is 5.69 Å². The molecule has 6 rings (SSSR count). The fourth-order valence-corrected chi connectivity index (χ4v) is 6.40. The maximum Gasteiger partial charge on any atom is 0.352 e. The highest BCUT2D eigenvalue weighted by Gasteiger charge is 2.46. The van der Waals surface area contributed by atoms with Crippen LogP contribution in [-0.4, -0.2) is 43.4 Å². The highest BCUT2D eigenvalue weighted by Crippen LogP contribution is 2.53. The van der Waals surface area contributed by atoms with Crippen molar-refractivity contribution < 1.29 is 18.7 Å². The Hall–Kier alpha value is -3.47. The average Bonchev–Trinajstić information content (AvgIpc) is 3.64. The number of nitrogens with zero attached hydrogens (tertiary/aromatic N) is 5. The van der Waals surface area contributed by atoms with Crippen molar-refractivity contribution in [2.45, 2.75) is 84.3 Å². The molecule has 3 aliphatic rings. The molecular weight excluding hydrogens is 551 g/mol. The molecule has 0 unspecified atom stereocenters. The van der Waals surface area contributed by atoms with Crippen LogP contribution in [0.15, 0.2) is 17.1 Å². The summed E-state index contributed by atoms with van der Waals surface area (Å²) in [6, 6.07) is 1.05. The number of aryl methyl sites for hydroxylation is 1. The number of hydrogen-bond donors (Lipinski definition) is 1. The number of methoxy groups -OCH3 is 1. The molecule has 1 amide bonds. The van der Waals surface area contributed by atoms with Crippen molar-refractivity contribution >= 4 is 23.2 Å². The Bertz CT molecular complexity index is 1560. The number of pyridine rings is 2. The Labute approximate surface area is 242 Å². The van der Waals surface area contributed by atoms with E-state index in [-0.39, 0.29) is 51.3 Å². The van der Waals surface area contributed by atoms with Gasteiger partial charge in [0.15, 0.2) is 11.6 Å². The molecule has 0 bridgehead atoms. The van der Waals surface area contributed by atoms with Crippen molar-refractivity contribution in [3.8, 4) is 17.6 Å². The summed E-state index contributed by atoms with van der Waals surface area (Å²) in [7, 11) is 1.42. The molecular formula is C29H34ClFN6O4. The second kappa shape index (κ2) is 10.7. The van der Waals surface area contributed by atoms with Crippen LogP contribution in [0.25, 0.3) is 5.82 Å². The van der Waals surface area contributed by atoms with E-state index in [1.807, 2.05) is 6.92 Å². The number of rotatable bonds is 7. The Kier molecular flexibility index (Phi) is 7.25. The first-order valence-electron chi connectivity index (χ1n) is 14.3. The number of carbonyl (C=O) groups is 1. The summed E-state index contributed by atoms with van der Waals surface area (Å²) in [4.78, 5) is 35.4. The highest BCUT2D eigenvalue weighted by atomic mass is 35.5. The lowest BCUT2D eigenvalue weighted by atomic mass is 9.86. The topological polar surface area (TPSA) is 113 Å². The summed E-state index contributed by atoms with van der Waals surface area (Å²) in [5.74, 6) is -0.830. The lowest BCUT2D eigenvalue weighted by Gasteiger charge is -2.28. The van der Waals surface area contributed by atoms with Crippen LogP contribution in [0.1, 0.15) is 80.0 Å². The van der Waals surface area contributed by atoms with Gasteiger partial charge in [-0.3, -0.25) is 9.36 Å². The predicted molar refractivity (Wildman–Crippen MR) is 151 cm³/mol. The van der Waals surface area contributed by atoms with E-state index in [0.29, 0.717) is 24.4 Å². The molecule has 1 aliphatic heterocycles. The number of nitrogens with one attached hydrogen (secondary N) is 1. The standard InChI is InChI=1S/C29H34ClFN6O4/c1-16-15-32-27(40-3)22(30)23(16)33-25(38)19-13-20(31)24(34-26(19)41-17(2)18-7-5-4-6-8-18)37-28(39)36-12-11-29(9-10-29)14-21(36)35-37/h13,15,17-18H,4-12,14H2,1-3H3,(H,32,33,38)/t17-/m0/s1. The summed E-state index contributed by atoms with van der Waals surface area (Å²) in [5, 5.41) is 7.35. The number of carbonyl (C=O) groups excluding carboxylic acids is 1. The van der Waals surface area contributed by atoms with Crippen molar-refractivity contribution in [3.63, 3.8) is 0 Å². The van der Waals surface area contributed by atoms with Crippen molar-refractivity contribution in [1.29, 1.82) is 0 Å². The fourth-order valence-electron chi connectivity index (χ4n) is 6.08. The van der Waals surface area contributed by atoms with Gasteiger partial charge in [-0.2, -0.15) is 9.67 Å². The smallest absolute Gasteiger partial charge is 0.352 e. The molecule has 41 heavy (non-hydrogen) atoms. The zero-order chi connectivity index (χ0) is 28.9. The predicted octanol–water partition coefficient (Wildman–Crippen LogP) is 5.26. The average molecular weight is 585 g/mol. The zero-order valence-corrected chi connectivity index (χ0v) is 24.3. The number of halogens is 2. The van der Waals surface area contributed by atoms with Crippen LogP contribution < -0.4 is 20.5 Å². The molecule has 1 spiro atoms. The van der Waals surface area contributed by atoms with Gasteiger partial charge in [-0.15, -0.1) is 5.10 Å². The van der Waals surface area contributed by atoms with Gasteiger partial charge in [0, 0.05) is 19.2 Å². The maximum absolute atomic E-state index is 15.7. The van der Waals surface area contributed by atoms with Gasteiger partial charge in [-0.1, -0.05) is 30.9 Å². The van der Waals surface area contributed by atoms with Crippen molar-refractivity contribution in [3.05, 3.63) is 50.5 Å². The Balaban J connectivity index is 1.39. The molecule has 0 saturated heterocycles. The molecule has 0 radical (unpaired) electrons. The van der Waals surface area contributed by atoms with E-state index >= 15 is 4.39 Å². The molecule has 1 N–H and O–H groups in total. The van der Waals surface area contributed by atoms with Crippen LogP contribution in [0, 0.1) is 24.1 Å². The minimum absolute atomic E-state index is 0.0664. The van der Waals surface area contributed by atoms with Gasteiger partial charge in [0.25, 0.3) is 5.91 Å². The minimum Gasteiger partial charge on any atom is -0.480 e. The van der Waals surface area contributed by atoms with E-state index in [4.69, 9.17) is 21.1 Å². The van der Waals surface area contributed by atoms with Gasteiger partial charge in [-0.05, 0) is 68.9 Å². The third-order valence-electron chi connectivity index (χ3n) is 8.88. The van der Waals surface area contributed by atoms with Crippen molar-refractivity contribution in [2.24, 2.45) is 11.3 Å². The largest absolute Gasteiger partial charge is 0.480 e. The normalized spacial score (nSPS) is 18.6. The lowest BCUT2D eigenvalue weighted by Crippen LogP contribution is -2.30. The number of hydrogen-bond acceptors (Lipinski definition) is 7. The summed E-state index contributed by atoms with van der Waals surface area (Å²) >= 11 is 6.43. The Morgan fingerprint density at radius 2 is 1.98 bits per heavy atom. The maximum atomic E-state index is 15.7. The molecule has 4 heterocycles. The number of ether oxygens (including phenoxy) is 2. The summed E-state index contributed by atoms with van der Waals surface area (Å²) in [6.45, 7) is 4.22. The first-order chi connectivity index (χ1) is 19.7. The number of amides is 1. The molecule has 3 aromatic rings. The number of aromatic nitrogens is 5. The first-order valence-corrected chi connectivity index (χ1v) is 14.6. The molecule has 0 aromatic carbocycles. The van der Waals surface area contributed by atoms with E-state index in [1.54, 1.807) is 11.5 Å². The second-order valence-electron chi connectivity index (χ2n) is 11.7. The molecule has 3 aromatic heterocycles. The molecule has 10 nitrogen and oxygen atoms in total. The summed E-state index contributed by atoms with van der Waals surface area (Å²) in [5.41, 5.74) is 0.533. The number of fused-ring (bicyclic) bond motifs is 1. The van der Waals surface area contributed by atoms with Gasteiger partial charge < -0.3 is 14.8 Å². The first kappa shape index (κ1) is 27.7. The molecule has 2 fully saturated rings. The minimum atomic E-state index is -0.860. The molecule has 2 saturated carbocycles. The fraction of sp³-hybridized carbons (Fsp3) is 0.552. The van der Waals surface area contributed by atoms with E-state index < -0.39 is 17.4 Å². The van der Waals surface area contributed by atoms with Crippen LogP contribution in [0.5, 0.6) is 11.8 Å². The third-order valence-corrected chi connectivity index (χ3v) is 9.23. The third kappa shape index (κ3) is 5.20. The van der Waals surface area contributed by atoms with Crippen molar-refractivity contribution in [2.75, 3.05) is 12.4 Å². The summed E-state index contributed by atoms with van der Waals surface area (Å²) in [6.07, 6.45) is 10.5. The van der Waals surface area contributed by atoms with E-state index in [2.05, 4.69) is 20.4 Å². The van der Waals surface area contributed by atoms with E-state index in [9.17, 15) is 9.59 Å². The van der Waals surface area contributed by atoms with Gasteiger partial charge in [0.2, 0.25) is 11.8 Å². The monoisotopic (exact) mass is 584 g/mol. The number of anilines is 1. The SMILES string of the molecule is COc1ncc(C)c(NC(=O)c2cc(F)c(-n3nc4n(c3=O)CCC3(CC3)C4)nc2O[C@@H](C)C2CCCCC2)c1Cl. The molecule has 1 atom stereocenters. The van der Waals surface area contributed by atoms with E-state index in [0.717, 1.165) is 55.7 Å². The van der Waals surface area contributed by atoms with Gasteiger partial charge in [0.05, 0.1) is 12.8 Å². The molecule has 2 aliphatic carbocycles. The van der Waals surface area contributed by atoms with Crippen LogP contribution in [0.4, 0.5) is 10.1 Å². The van der Waals surface area contributed by atoms with Crippen LogP contribution in [0.3, 0.4) is 0 Å². The molecule has 218 valence electrons. The van der Waals surface area contributed by atoms with E-state index in [1.165, 1.54) is 19.7 Å². The van der Waals surface area contributed by atoms with Crippen molar-refractivity contribution in [1.82, 2.24) is 24.3 Å². The van der Waals surface area contributed by atoms with Gasteiger partial charge in [0.1, 0.15) is 22.5 Å². The Morgan fingerprint density at radius 1 is 1.22 bits per heavy atom. The quantitative estimate of drug-likeness (QED) is 0.403. The summed E-state index contributed by atoms with van der Waals surface area (Å²) < 4.78 is 29.8. The van der Waals surface area contributed by atoms with Crippen LogP contribution in [-0.2, 0) is 13.0 Å². The van der Waals surface area contributed by atoms with Crippen LogP contribution in [0.2, 0.25) is 5.02 Å². The molecule has 12 heteroatoms. The zero-order valence-electron chi connectivity index (χ0n) is 23.5. The Morgan fingerprint density at radius 3 is 2.68 bits per heavy atom. The highest BCUT2D eigenvalue weighted by molar-refractivity contribution is 6.35. The lowest BCUT2D eigenvalue weighted by molar-refractivity contribution is 0.0987.